The summed E-state index contributed by atoms with van der Waals surface area (Å²) < 4.78 is 34.1. The van der Waals surface area contributed by atoms with Gasteiger partial charge in [-0.05, 0) is 68.7 Å². The molecule has 39 heavy (non-hydrogen) atoms. The highest BCUT2D eigenvalue weighted by atomic mass is 32.2. The number of rotatable bonds is 12. The van der Waals surface area contributed by atoms with Gasteiger partial charge >= 0.3 is 0 Å². The molecule has 9 heteroatoms. The maximum Gasteiger partial charge on any atom is 0.264 e. The molecule has 3 rings (SSSR count). The number of carbonyl (C=O) groups is 2. The minimum absolute atomic E-state index is 0.0771. The van der Waals surface area contributed by atoms with E-state index >= 15 is 0 Å². The third kappa shape index (κ3) is 7.38. The number of nitrogens with one attached hydrogen (secondary N) is 1. The van der Waals surface area contributed by atoms with Crippen molar-refractivity contribution in [3.63, 3.8) is 0 Å². The number of sulfonamides is 1. The molecule has 3 aromatic rings. The number of hydrogen-bond acceptors (Lipinski definition) is 5. The Labute approximate surface area is 231 Å². The summed E-state index contributed by atoms with van der Waals surface area (Å²) in [5.41, 5.74) is 2.88. The fourth-order valence-electron chi connectivity index (χ4n) is 4.22. The Kier molecular flexibility index (Phi) is 10.1. The topological polar surface area (TPSA) is 96.0 Å². The first-order valence-corrected chi connectivity index (χ1v) is 14.4. The van der Waals surface area contributed by atoms with Crippen molar-refractivity contribution >= 4 is 27.5 Å². The maximum atomic E-state index is 13.9. The zero-order valence-corrected chi connectivity index (χ0v) is 24.0. The monoisotopic (exact) mass is 551 g/mol. The summed E-state index contributed by atoms with van der Waals surface area (Å²) in [6.07, 6.45) is 0.751. The predicted molar refractivity (Wildman–Crippen MR) is 153 cm³/mol. The Morgan fingerprint density at radius 1 is 0.974 bits per heavy atom. The van der Waals surface area contributed by atoms with Gasteiger partial charge in [-0.1, -0.05) is 55.0 Å². The van der Waals surface area contributed by atoms with Crippen LogP contribution in [0.15, 0.2) is 77.7 Å². The Morgan fingerprint density at radius 3 is 2.23 bits per heavy atom. The first kappa shape index (κ1) is 29.7. The number of aryl methyl sites for hydroxylation is 2. The molecule has 0 fully saturated rings. The van der Waals surface area contributed by atoms with Crippen LogP contribution in [-0.4, -0.2) is 51.4 Å². The van der Waals surface area contributed by atoms with Crippen molar-refractivity contribution < 1.29 is 22.7 Å². The summed E-state index contributed by atoms with van der Waals surface area (Å²) in [6.45, 7) is 7.46. The normalized spacial score (nSPS) is 11.9. The van der Waals surface area contributed by atoms with Crippen molar-refractivity contribution in [1.82, 2.24) is 10.2 Å². The SMILES string of the molecule is CCCNC(=O)C(C)N(Cc1ccc(OC)cc1)C(=O)CN(c1ccc(C)cc1C)S(=O)(=O)c1ccccc1. The molecule has 0 radical (unpaired) electrons. The van der Waals surface area contributed by atoms with E-state index in [2.05, 4.69) is 5.32 Å². The van der Waals surface area contributed by atoms with Crippen LogP contribution in [0.25, 0.3) is 0 Å². The molecule has 8 nitrogen and oxygen atoms in total. The van der Waals surface area contributed by atoms with Gasteiger partial charge in [-0.3, -0.25) is 13.9 Å². The fraction of sp³-hybridized carbons (Fsp3) is 0.333. The highest BCUT2D eigenvalue weighted by Gasteiger charge is 2.33. The van der Waals surface area contributed by atoms with Crippen molar-refractivity contribution in [3.8, 4) is 5.75 Å². The Morgan fingerprint density at radius 2 is 1.64 bits per heavy atom. The van der Waals surface area contributed by atoms with Crippen LogP contribution in [0.4, 0.5) is 5.69 Å². The second-order valence-corrected chi connectivity index (χ2v) is 11.3. The molecule has 0 saturated heterocycles. The summed E-state index contributed by atoms with van der Waals surface area (Å²) in [7, 11) is -2.52. The van der Waals surface area contributed by atoms with Crippen LogP contribution in [0.2, 0.25) is 0 Å². The molecule has 0 saturated carbocycles. The summed E-state index contributed by atoms with van der Waals surface area (Å²) in [5.74, 6) is -0.132. The van der Waals surface area contributed by atoms with E-state index < -0.39 is 28.5 Å². The van der Waals surface area contributed by atoms with Crippen molar-refractivity contribution in [2.45, 2.75) is 51.6 Å². The first-order chi connectivity index (χ1) is 18.6. The predicted octanol–water partition coefficient (Wildman–Crippen LogP) is 4.45. The van der Waals surface area contributed by atoms with Crippen LogP contribution in [0, 0.1) is 13.8 Å². The van der Waals surface area contributed by atoms with Gasteiger partial charge in [0.1, 0.15) is 18.3 Å². The van der Waals surface area contributed by atoms with E-state index in [1.54, 1.807) is 50.4 Å². The quantitative estimate of drug-likeness (QED) is 0.359. The third-order valence-corrected chi connectivity index (χ3v) is 8.23. The van der Waals surface area contributed by atoms with Gasteiger partial charge in [-0.25, -0.2) is 8.42 Å². The average molecular weight is 552 g/mol. The lowest BCUT2D eigenvalue weighted by Gasteiger charge is -2.32. The van der Waals surface area contributed by atoms with Crippen LogP contribution in [-0.2, 0) is 26.2 Å². The molecular formula is C30H37N3O5S. The van der Waals surface area contributed by atoms with Gasteiger partial charge in [0.25, 0.3) is 10.0 Å². The van der Waals surface area contributed by atoms with E-state index in [0.29, 0.717) is 18.0 Å². The summed E-state index contributed by atoms with van der Waals surface area (Å²) >= 11 is 0. The molecule has 2 amide bonds. The van der Waals surface area contributed by atoms with Crippen molar-refractivity contribution in [3.05, 3.63) is 89.5 Å². The van der Waals surface area contributed by atoms with Crippen molar-refractivity contribution in [2.24, 2.45) is 0 Å². The van der Waals surface area contributed by atoms with Gasteiger partial charge in [-0.2, -0.15) is 0 Å². The number of nitrogens with zero attached hydrogens (tertiary/aromatic N) is 2. The molecule has 0 heterocycles. The molecule has 0 bridgehead atoms. The summed E-state index contributed by atoms with van der Waals surface area (Å²) in [5, 5.41) is 2.84. The van der Waals surface area contributed by atoms with Gasteiger partial charge in [0.2, 0.25) is 11.8 Å². The average Bonchev–Trinajstić information content (AvgIpc) is 2.94. The zero-order valence-electron chi connectivity index (χ0n) is 23.2. The molecule has 0 aromatic heterocycles. The molecule has 208 valence electrons. The molecule has 0 aliphatic carbocycles. The van der Waals surface area contributed by atoms with Crippen LogP contribution in [0.5, 0.6) is 5.75 Å². The lowest BCUT2D eigenvalue weighted by molar-refractivity contribution is -0.139. The summed E-state index contributed by atoms with van der Waals surface area (Å²) in [6, 6.07) is 19.8. The minimum atomic E-state index is -4.09. The fourth-order valence-corrected chi connectivity index (χ4v) is 5.72. The molecular weight excluding hydrogens is 514 g/mol. The number of anilines is 1. The summed E-state index contributed by atoms with van der Waals surface area (Å²) in [4.78, 5) is 28.4. The van der Waals surface area contributed by atoms with Gasteiger partial charge < -0.3 is 15.0 Å². The van der Waals surface area contributed by atoms with E-state index in [-0.39, 0.29) is 17.3 Å². The van der Waals surface area contributed by atoms with Crippen LogP contribution < -0.4 is 14.4 Å². The Hall–Kier alpha value is -3.85. The van der Waals surface area contributed by atoms with E-state index in [4.69, 9.17) is 4.74 Å². The third-order valence-electron chi connectivity index (χ3n) is 6.46. The number of benzene rings is 3. The molecule has 3 aromatic carbocycles. The van der Waals surface area contributed by atoms with E-state index in [1.165, 1.54) is 17.0 Å². The van der Waals surface area contributed by atoms with E-state index in [9.17, 15) is 18.0 Å². The van der Waals surface area contributed by atoms with Crippen LogP contribution >= 0.6 is 0 Å². The number of amides is 2. The standard InChI is InChI=1S/C30H37N3O5S/c1-6-18-31-30(35)24(4)32(20-25-13-15-26(38-5)16-14-25)29(34)21-33(28-17-12-22(2)19-23(28)3)39(36,37)27-10-8-7-9-11-27/h7-17,19,24H,6,18,20-21H2,1-5H3,(H,31,35). The Balaban J connectivity index is 2.03. The first-order valence-electron chi connectivity index (χ1n) is 12.9. The molecule has 1 atom stereocenters. The number of hydrogen-bond donors (Lipinski definition) is 1. The van der Waals surface area contributed by atoms with Crippen LogP contribution in [0.3, 0.4) is 0 Å². The van der Waals surface area contributed by atoms with Crippen LogP contribution in [0.1, 0.15) is 37.0 Å². The number of carbonyl (C=O) groups excluding carboxylic acids is 2. The Bertz CT molecular complexity index is 1380. The van der Waals surface area contributed by atoms with Gasteiger partial charge in [-0.15, -0.1) is 0 Å². The maximum absolute atomic E-state index is 13.9. The highest BCUT2D eigenvalue weighted by molar-refractivity contribution is 7.92. The lowest BCUT2D eigenvalue weighted by Crippen LogP contribution is -2.51. The largest absolute Gasteiger partial charge is 0.497 e. The van der Waals surface area contributed by atoms with E-state index in [1.807, 2.05) is 45.0 Å². The smallest absolute Gasteiger partial charge is 0.264 e. The van der Waals surface area contributed by atoms with Gasteiger partial charge in [0.15, 0.2) is 0 Å². The van der Waals surface area contributed by atoms with Crippen molar-refractivity contribution in [2.75, 3.05) is 24.5 Å². The molecule has 0 spiro atoms. The molecule has 0 aliphatic rings. The molecule has 1 unspecified atom stereocenters. The minimum Gasteiger partial charge on any atom is -0.497 e. The van der Waals surface area contributed by atoms with E-state index in [0.717, 1.165) is 27.4 Å². The van der Waals surface area contributed by atoms with Gasteiger partial charge in [0.05, 0.1) is 17.7 Å². The number of ether oxygens (including phenoxy) is 1. The zero-order chi connectivity index (χ0) is 28.6. The molecule has 0 aliphatic heterocycles. The lowest BCUT2D eigenvalue weighted by atomic mass is 10.1. The second-order valence-electron chi connectivity index (χ2n) is 9.45. The second kappa shape index (κ2) is 13.3. The number of methoxy groups -OCH3 is 1. The highest BCUT2D eigenvalue weighted by Crippen LogP contribution is 2.28. The van der Waals surface area contributed by atoms with Gasteiger partial charge in [0, 0.05) is 13.1 Å². The molecule has 1 N–H and O–H groups in total. The van der Waals surface area contributed by atoms with Crippen molar-refractivity contribution in [1.29, 1.82) is 0 Å².